The minimum absolute atomic E-state index is 0.0264. The number of carbonyl (C=O) groups excluding carboxylic acids is 2. The van der Waals surface area contributed by atoms with Gasteiger partial charge in [0.15, 0.2) is 0 Å². The van der Waals surface area contributed by atoms with Crippen molar-refractivity contribution in [2.75, 3.05) is 19.7 Å². The summed E-state index contributed by atoms with van der Waals surface area (Å²) in [7, 11) is 0. The van der Waals surface area contributed by atoms with E-state index < -0.39 is 5.54 Å². The molecule has 1 unspecified atom stereocenters. The van der Waals surface area contributed by atoms with E-state index in [0.29, 0.717) is 19.6 Å². The molecule has 0 radical (unpaired) electrons. The molecule has 1 amide bonds. The topological polar surface area (TPSA) is 72.6 Å². The van der Waals surface area contributed by atoms with Gasteiger partial charge >= 0.3 is 5.97 Å². The zero-order valence-corrected chi connectivity index (χ0v) is 12.9. The van der Waals surface area contributed by atoms with Crippen molar-refractivity contribution in [2.45, 2.75) is 53.0 Å². The molecule has 0 spiro atoms. The lowest BCUT2D eigenvalue weighted by Crippen LogP contribution is -2.55. The molecule has 0 aromatic rings. The maximum absolute atomic E-state index is 12.4. The predicted octanol–water partition coefficient (Wildman–Crippen LogP) is 1.55. The zero-order valence-electron chi connectivity index (χ0n) is 12.9. The van der Waals surface area contributed by atoms with Crippen LogP contribution in [-0.2, 0) is 14.3 Å². The lowest BCUT2D eigenvalue weighted by Gasteiger charge is -2.32. The number of hydrogen-bond acceptors (Lipinski definition) is 4. The monoisotopic (exact) mass is 272 g/mol. The Labute approximate surface area is 116 Å². The fourth-order valence-corrected chi connectivity index (χ4v) is 2.01. The number of carbonyl (C=O) groups is 2. The van der Waals surface area contributed by atoms with E-state index in [4.69, 9.17) is 10.5 Å². The fraction of sp³-hybridized carbons (Fsp3) is 0.857. The molecule has 0 aromatic heterocycles. The summed E-state index contributed by atoms with van der Waals surface area (Å²) in [6.45, 7) is 10.2. The van der Waals surface area contributed by atoms with Crippen LogP contribution in [0, 0.1) is 5.92 Å². The second-order valence-electron chi connectivity index (χ2n) is 5.55. The summed E-state index contributed by atoms with van der Waals surface area (Å²) in [6, 6.07) is 0. The third-order valence-corrected chi connectivity index (χ3v) is 2.76. The number of nitrogens with two attached hydrogens (primary N) is 1. The standard InChI is InChI=1S/C14H28N2O3/c1-6-8-14(5,15)13(18)16(9-11(3)4)10-12(17)19-7-2/h11H,6-10,15H2,1-5H3. The van der Waals surface area contributed by atoms with Gasteiger partial charge < -0.3 is 15.4 Å². The fourth-order valence-electron chi connectivity index (χ4n) is 2.01. The summed E-state index contributed by atoms with van der Waals surface area (Å²) in [5.74, 6) is -0.296. The van der Waals surface area contributed by atoms with E-state index >= 15 is 0 Å². The van der Waals surface area contributed by atoms with Crippen molar-refractivity contribution in [2.24, 2.45) is 11.7 Å². The first-order valence-corrected chi connectivity index (χ1v) is 6.98. The van der Waals surface area contributed by atoms with Gasteiger partial charge in [0, 0.05) is 6.54 Å². The Balaban J connectivity index is 4.83. The lowest BCUT2D eigenvalue weighted by atomic mass is 9.95. The number of ether oxygens (including phenoxy) is 1. The van der Waals surface area contributed by atoms with Gasteiger partial charge in [0.25, 0.3) is 0 Å². The van der Waals surface area contributed by atoms with Crippen molar-refractivity contribution in [1.29, 1.82) is 0 Å². The molecule has 0 saturated carbocycles. The molecule has 0 heterocycles. The summed E-state index contributed by atoms with van der Waals surface area (Å²) < 4.78 is 4.90. The molecule has 0 fully saturated rings. The first-order valence-electron chi connectivity index (χ1n) is 6.98. The summed E-state index contributed by atoms with van der Waals surface area (Å²) in [4.78, 5) is 25.5. The molecular weight excluding hydrogens is 244 g/mol. The van der Waals surface area contributed by atoms with Crippen molar-refractivity contribution in [3.05, 3.63) is 0 Å². The largest absolute Gasteiger partial charge is 0.465 e. The highest BCUT2D eigenvalue weighted by molar-refractivity contribution is 5.88. The number of nitrogens with zero attached hydrogens (tertiary/aromatic N) is 1. The summed E-state index contributed by atoms with van der Waals surface area (Å²) in [6.07, 6.45) is 1.43. The van der Waals surface area contributed by atoms with Gasteiger partial charge in [-0.05, 0) is 26.2 Å². The van der Waals surface area contributed by atoms with Crippen molar-refractivity contribution >= 4 is 11.9 Å². The Morgan fingerprint density at radius 1 is 1.32 bits per heavy atom. The maximum Gasteiger partial charge on any atom is 0.325 e. The van der Waals surface area contributed by atoms with Crippen LogP contribution in [0.4, 0.5) is 0 Å². The predicted molar refractivity (Wildman–Crippen MR) is 75.6 cm³/mol. The Morgan fingerprint density at radius 3 is 2.32 bits per heavy atom. The molecule has 1 atom stereocenters. The summed E-state index contributed by atoms with van der Waals surface area (Å²) >= 11 is 0. The van der Waals surface area contributed by atoms with Gasteiger partial charge in [-0.25, -0.2) is 0 Å². The molecule has 0 aliphatic carbocycles. The Morgan fingerprint density at radius 2 is 1.89 bits per heavy atom. The molecule has 0 aliphatic heterocycles. The van der Waals surface area contributed by atoms with E-state index in [1.807, 2.05) is 20.8 Å². The third kappa shape index (κ3) is 6.57. The maximum atomic E-state index is 12.4. The molecule has 112 valence electrons. The molecule has 19 heavy (non-hydrogen) atoms. The number of esters is 1. The second-order valence-corrected chi connectivity index (χ2v) is 5.55. The Hall–Kier alpha value is -1.10. The van der Waals surface area contributed by atoms with Gasteiger partial charge in [-0.15, -0.1) is 0 Å². The minimum Gasteiger partial charge on any atom is -0.465 e. The number of rotatable bonds is 8. The van der Waals surface area contributed by atoms with Gasteiger partial charge in [-0.3, -0.25) is 9.59 Å². The van der Waals surface area contributed by atoms with Gasteiger partial charge in [0.2, 0.25) is 5.91 Å². The molecule has 0 saturated heterocycles. The highest BCUT2D eigenvalue weighted by Crippen LogP contribution is 2.14. The van der Waals surface area contributed by atoms with Crippen LogP contribution in [0.1, 0.15) is 47.5 Å². The molecular formula is C14H28N2O3. The minimum atomic E-state index is -0.921. The van der Waals surface area contributed by atoms with Crippen LogP contribution in [-0.4, -0.2) is 42.0 Å². The van der Waals surface area contributed by atoms with E-state index in [1.165, 1.54) is 4.90 Å². The third-order valence-electron chi connectivity index (χ3n) is 2.76. The molecule has 2 N–H and O–H groups in total. The average Bonchev–Trinajstić information content (AvgIpc) is 2.26. The van der Waals surface area contributed by atoms with Crippen molar-refractivity contribution in [1.82, 2.24) is 4.90 Å². The van der Waals surface area contributed by atoms with E-state index in [-0.39, 0.29) is 24.3 Å². The number of hydrogen-bond donors (Lipinski definition) is 1. The number of amides is 1. The second kappa shape index (κ2) is 8.15. The van der Waals surface area contributed by atoms with E-state index in [1.54, 1.807) is 13.8 Å². The van der Waals surface area contributed by atoms with E-state index in [0.717, 1.165) is 6.42 Å². The van der Waals surface area contributed by atoms with Crippen LogP contribution in [0.15, 0.2) is 0 Å². The SMILES string of the molecule is CCCC(C)(N)C(=O)N(CC(=O)OCC)CC(C)C. The highest BCUT2D eigenvalue weighted by atomic mass is 16.5. The quantitative estimate of drug-likeness (QED) is 0.680. The molecule has 0 bridgehead atoms. The van der Waals surface area contributed by atoms with Gasteiger partial charge in [0.05, 0.1) is 12.1 Å². The van der Waals surface area contributed by atoms with Crippen molar-refractivity contribution in [3.8, 4) is 0 Å². The highest BCUT2D eigenvalue weighted by Gasteiger charge is 2.33. The summed E-state index contributed by atoms with van der Waals surface area (Å²) in [5.41, 5.74) is 5.13. The molecule has 0 aliphatic rings. The smallest absolute Gasteiger partial charge is 0.325 e. The van der Waals surface area contributed by atoms with Crippen LogP contribution >= 0.6 is 0 Å². The normalized spacial score (nSPS) is 14.1. The Bertz CT molecular complexity index is 301. The molecule has 0 rings (SSSR count). The van der Waals surface area contributed by atoms with Crippen LogP contribution < -0.4 is 5.73 Å². The van der Waals surface area contributed by atoms with Crippen LogP contribution in [0.5, 0.6) is 0 Å². The first kappa shape index (κ1) is 17.9. The molecule has 0 aromatic carbocycles. The van der Waals surface area contributed by atoms with Crippen LogP contribution in [0.3, 0.4) is 0 Å². The van der Waals surface area contributed by atoms with Crippen LogP contribution in [0.2, 0.25) is 0 Å². The van der Waals surface area contributed by atoms with Crippen LogP contribution in [0.25, 0.3) is 0 Å². The van der Waals surface area contributed by atoms with Crippen molar-refractivity contribution < 1.29 is 14.3 Å². The van der Waals surface area contributed by atoms with Gasteiger partial charge in [0.1, 0.15) is 6.54 Å². The van der Waals surface area contributed by atoms with E-state index in [2.05, 4.69) is 0 Å². The molecule has 5 heteroatoms. The molecule has 5 nitrogen and oxygen atoms in total. The summed E-state index contributed by atoms with van der Waals surface area (Å²) in [5, 5.41) is 0. The zero-order chi connectivity index (χ0) is 15.1. The van der Waals surface area contributed by atoms with Crippen molar-refractivity contribution in [3.63, 3.8) is 0 Å². The Kier molecular flexibility index (Phi) is 7.68. The van der Waals surface area contributed by atoms with Gasteiger partial charge in [-0.1, -0.05) is 27.2 Å². The van der Waals surface area contributed by atoms with Gasteiger partial charge in [-0.2, -0.15) is 0 Å². The van der Waals surface area contributed by atoms with E-state index in [9.17, 15) is 9.59 Å². The average molecular weight is 272 g/mol. The first-order chi connectivity index (χ1) is 8.74. The lowest BCUT2D eigenvalue weighted by molar-refractivity contribution is -0.151.